The van der Waals surface area contributed by atoms with Gasteiger partial charge in [0.2, 0.25) is 0 Å². The first-order valence-electron chi connectivity index (χ1n) is 8.29. The predicted molar refractivity (Wildman–Crippen MR) is 91.7 cm³/mol. The molecule has 0 saturated carbocycles. The van der Waals surface area contributed by atoms with Crippen LogP contribution in [0.5, 0.6) is 0 Å². The lowest BCUT2D eigenvalue weighted by Gasteiger charge is -2.34. The van der Waals surface area contributed by atoms with E-state index in [9.17, 15) is 8.42 Å². The normalized spacial score (nSPS) is 23.3. The molecule has 2 N–H and O–H groups in total. The Morgan fingerprint density at radius 1 is 1.12 bits per heavy atom. The Hall–Kier alpha value is -1.88. The summed E-state index contributed by atoms with van der Waals surface area (Å²) < 4.78 is 34.3. The van der Waals surface area contributed by atoms with Crippen molar-refractivity contribution in [3.63, 3.8) is 0 Å². The molecule has 0 radical (unpaired) electrons. The van der Waals surface area contributed by atoms with Crippen LogP contribution in [0.2, 0.25) is 0 Å². The molecule has 1 atom stereocenters. The Bertz CT molecular complexity index is 884. The van der Waals surface area contributed by atoms with Crippen molar-refractivity contribution in [3.8, 4) is 0 Å². The highest BCUT2D eigenvalue weighted by Gasteiger charge is 2.36. The third-order valence-corrected chi connectivity index (χ3v) is 6.63. The zero-order chi connectivity index (χ0) is 17.4. The van der Waals surface area contributed by atoms with Crippen molar-refractivity contribution < 1.29 is 13.2 Å². The summed E-state index contributed by atoms with van der Waals surface area (Å²) in [4.78, 5) is 12.6. The van der Waals surface area contributed by atoms with Crippen molar-refractivity contribution >= 4 is 27.1 Å². The van der Waals surface area contributed by atoms with Crippen LogP contribution in [-0.2, 0) is 14.9 Å². The van der Waals surface area contributed by atoms with Gasteiger partial charge >= 0.3 is 0 Å². The Kier molecular flexibility index (Phi) is 4.28. The van der Waals surface area contributed by atoms with E-state index in [1.807, 2.05) is 0 Å². The minimum absolute atomic E-state index is 0.248. The lowest BCUT2D eigenvalue weighted by molar-refractivity contribution is -0.00631. The van der Waals surface area contributed by atoms with Crippen LogP contribution in [0.1, 0.15) is 24.6 Å². The van der Waals surface area contributed by atoms with Crippen molar-refractivity contribution in [2.24, 2.45) is 0 Å². The van der Waals surface area contributed by atoms with Gasteiger partial charge in [-0.15, -0.1) is 0 Å². The molecule has 0 spiro atoms. The minimum Gasteiger partial charge on any atom is -0.383 e. The molecule has 4 heterocycles. The molecule has 9 nitrogen and oxygen atoms in total. The first-order valence-corrected chi connectivity index (χ1v) is 9.69. The fraction of sp³-hybridized carbons (Fsp3) is 0.533. The number of aromatic nitrogens is 3. The van der Waals surface area contributed by atoms with Gasteiger partial charge in [0.1, 0.15) is 18.2 Å². The van der Waals surface area contributed by atoms with Crippen LogP contribution in [-0.4, -0.2) is 64.8 Å². The van der Waals surface area contributed by atoms with E-state index in [1.54, 1.807) is 16.4 Å². The van der Waals surface area contributed by atoms with Gasteiger partial charge < -0.3 is 10.5 Å². The summed E-state index contributed by atoms with van der Waals surface area (Å²) >= 11 is 0. The molecule has 4 rings (SSSR count). The van der Waals surface area contributed by atoms with Crippen molar-refractivity contribution in [1.29, 1.82) is 0 Å². The SMILES string of the molecule is Nc1ncnc2nc([C@@H]3CN(S(=O)(=O)N4CCCC4)CCO3)ccc12. The van der Waals surface area contributed by atoms with Crippen LogP contribution in [0, 0.1) is 0 Å². The molecule has 2 saturated heterocycles. The van der Waals surface area contributed by atoms with E-state index in [0.29, 0.717) is 48.8 Å². The second-order valence-corrected chi connectivity index (χ2v) is 8.13. The van der Waals surface area contributed by atoms with Gasteiger partial charge in [0.05, 0.1) is 17.7 Å². The van der Waals surface area contributed by atoms with Gasteiger partial charge in [-0.1, -0.05) is 0 Å². The second kappa shape index (κ2) is 6.45. The van der Waals surface area contributed by atoms with E-state index in [0.717, 1.165) is 12.8 Å². The molecule has 2 fully saturated rings. The summed E-state index contributed by atoms with van der Waals surface area (Å²) in [7, 11) is -3.44. The van der Waals surface area contributed by atoms with Crippen LogP contribution in [0.25, 0.3) is 11.0 Å². The average Bonchev–Trinajstić information content (AvgIpc) is 3.17. The first-order chi connectivity index (χ1) is 12.1. The molecule has 0 aliphatic carbocycles. The second-order valence-electron chi connectivity index (χ2n) is 6.20. The summed E-state index contributed by atoms with van der Waals surface area (Å²) in [6.45, 7) is 2.13. The molecule has 0 bridgehead atoms. The Morgan fingerprint density at radius 3 is 2.72 bits per heavy atom. The quantitative estimate of drug-likeness (QED) is 0.834. The number of ether oxygens (including phenoxy) is 1. The van der Waals surface area contributed by atoms with Crippen molar-refractivity contribution in [1.82, 2.24) is 23.6 Å². The molecule has 2 aromatic rings. The summed E-state index contributed by atoms with van der Waals surface area (Å²) in [6.07, 6.45) is 2.77. The predicted octanol–water partition coefficient (Wildman–Crippen LogP) is 0.321. The van der Waals surface area contributed by atoms with Crippen LogP contribution in [0.15, 0.2) is 18.5 Å². The maximum atomic E-state index is 12.8. The molecule has 134 valence electrons. The van der Waals surface area contributed by atoms with Crippen LogP contribution in [0.4, 0.5) is 5.82 Å². The maximum absolute atomic E-state index is 12.8. The zero-order valence-electron chi connectivity index (χ0n) is 13.7. The third kappa shape index (κ3) is 3.06. The van der Waals surface area contributed by atoms with Gasteiger partial charge in [0.15, 0.2) is 5.65 Å². The molecular weight excluding hydrogens is 344 g/mol. The largest absolute Gasteiger partial charge is 0.383 e. The molecule has 0 unspecified atom stereocenters. The topological polar surface area (TPSA) is 115 Å². The summed E-state index contributed by atoms with van der Waals surface area (Å²) in [5.74, 6) is 0.367. The zero-order valence-corrected chi connectivity index (χ0v) is 14.5. The first kappa shape index (κ1) is 16.6. The van der Waals surface area contributed by atoms with E-state index >= 15 is 0 Å². The van der Waals surface area contributed by atoms with Crippen molar-refractivity contribution in [2.75, 3.05) is 38.5 Å². The van der Waals surface area contributed by atoms with E-state index in [4.69, 9.17) is 10.5 Å². The molecule has 0 amide bonds. The van der Waals surface area contributed by atoms with E-state index in [1.165, 1.54) is 10.6 Å². The van der Waals surface area contributed by atoms with Crippen LogP contribution in [0.3, 0.4) is 0 Å². The molecule has 25 heavy (non-hydrogen) atoms. The highest BCUT2D eigenvalue weighted by Crippen LogP contribution is 2.27. The number of fused-ring (bicyclic) bond motifs is 1. The Balaban J connectivity index is 1.59. The van der Waals surface area contributed by atoms with Crippen molar-refractivity contribution in [2.45, 2.75) is 18.9 Å². The standard InChI is InChI=1S/C15H20N6O3S/c16-14-11-3-4-12(19-15(11)18-10-17-14)13-9-21(7-8-24-13)25(22,23)20-5-1-2-6-20/h3-4,10,13H,1-2,5-9H2,(H2,16,17,18,19)/t13-/m0/s1. The van der Waals surface area contributed by atoms with Gasteiger partial charge in [-0.25, -0.2) is 15.0 Å². The molecule has 2 aromatic heterocycles. The van der Waals surface area contributed by atoms with E-state index < -0.39 is 16.3 Å². The lowest BCUT2D eigenvalue weighted by atomic mass is 10.2. The van der Waals surface area contributed by atoms with Crippen LogP contribution >= 0.6 is 0 Å². The monoisotopic (exact) mass is 364 g/mol. The number of rotatable bonds is 3. The molecule has 10 heteroatoms. The smallest absolute Gasteiger partial charge is 0.282 e. The molecule has 0 aromatic carbocycles. The minimum atomic E-state index is -3.44. The number of hydrogen-bond donors (Lipinski definition) is 1. The average molecular weight is 364 g/mol. The van der Waals surface area contributed by atoms with Gasteiger partial charge in [0.25, 0.3) is 10.2 Å². The van der Waals surface area contributed by atoms with Crippen LogP contribution < -0.4 is 5.73 Å². The van der Waals surface area contributed by atoms with E-state index in [-0.39, 0.29) is 6.54 Å². The number of nitrogen functional groups attached to an aromatic ring is 1. The highest BCUT2D eigenvalue weighted by atomic mass is 32.2. The number of hydrogen-bond acceptors (Lipinski definition) is 7. The Labute approximate surface area is 146 Å². The number of anilines is 1. The van der Waals surface area contributed by atoms with Crippen molar-refractivity contribution in [3.05, 3.63) is 24.2 Å². The molecule has 2 aliphatic heterocycles. The van der Waals surface area contributed by atoms with Gasteiger partial charge in [-0.3, -0.25) is 0 Å². The summed E-state index contributed by atoms with van der Waals surface area (Å²) in [5, 5.41) is 0.670. The van der Waals surface area contributed by atoms with E-state index in [2.05, 4.69) is 15.0 Å². The molecule has 2 aliphatic rings. The lowest BCUT2D eigenvalue weighted by Crippen LogP contribution is -2.48. The summed E-state index contributed by atoms with van der Waals surface area (Å²) in [5.41, 5.74) is 6.94. The number of morpholine rings is 1. The fourth-order valence-corrected chi connectivity index (χ4v) is 4.93. The van der Waals surface area contributed by atoms with Gasteiger partial charge in [0, 0.05) is 26.2 Å². The third-order valence-electron chi connectivity index (χ3n) is 4.63. The molecular formula is C15H20N6O3S. The highest BCUT2D eigenvalue weighted by molar-refractivity contribution is 7.86. The number of nitrogens with two attached hydrogens (primary N) is 1. The van der Waals surface area contributed by atoms with Gasteiger partial charge in [-0.05, 0) is 25.0 Å². The number of pyridine rings is 1. The Morgan fingerprint density at radius 2 is 1.92 bits per heavy atom. The van der Waals surface area contributed by atoms with Gasteiger partial charge in [-0.2, -0.15) is 17.0 Å². The maximum Gasteiger partial charge on any atom is 0.282 e. The number of nitrogens with zero attached hydrogens (tertiary/aromatic N) is 5. The fourth-order valence-electron chi connectivity index (χ4n) is 3.25. The summed E-state index contributed by atoms with van der Waals surface area (Å²) in [6, 6.07) is 3.59.